The van der Waals surface area contributed by atoms with E-state index in [9.17, 15) is 19.2 Å². The molecule has 1 aliphatic rings. The number of carbonyl (C=O) groups is 4. The van der Waals surface area contributed by atoms with E-state index in [4.69, 9.17) is 0 Å². The number of benzene rings is 1. The van der Waals surface area contributed by atoms with Crippen LogP contribution in [0.4, 0.5) is 0 Å². The summed E-state index contributed by atoms with van der Waals surface area (Å²) in [6.45, 7) is 5.28. The Bertz CT molecular complexity index is 729. The van der Waals surface area contributed by atoms with Crippen molar-refractivity contribution in [2.24, 2.45) is 5.92 Å². The van der Waals surface area contributed by atoms with Gasteiger partial charge in [0.1, 0.15) is 12.1 Å². The number of rotatable bonds is 5. The zero-order valence-electron chi connectivity index (χ0n) is 15.5. The van der Waals surface area contributed by atoms with Crippen molar-refractivity contribution in [3.05, 3.63) is 35.4 Å². The van der Waals surface area contributed by atoms with Gasteiger partial charge in [-0.15, -0.1) is 0 Å². The molecule has 0 aliphatic carbocycles. The van der Waals surface area contributed by atoms with E-state index in [1.807, 2.05) is 24.3 Å². The van der Waals surface area contributed by atoms with Crippen LogP contribution < -0.4 is 10.6 Å². The van der Waals surface area contributed by atoms with Gasteiger partial charge in [0.05, 0.1) is 0 Å². The van der Waals surface area contributed by atoms with Crippen molar-refractivity contribution in [1.82, 2.24) is 15.5 Å². The van der Waals surface area contributed by atoms with Crippen LogP contribution in [0.15, 0.2) is 24.3 Å². The van der Waals surface area contributed by atoms with E-state index in [1.54, 1.807) is 25.8 Å². The van der Waals surface area contributed by atoms with E-state index in [0.29, 0.717) is 13.0 Å². The van der Waals surface area contributed by atoms with Crippen molar-refractivity contribution in [3.63, 3.8) is 0 Å². The van der Waals surface area contributed by atoms with Crippen LogP contribution >= 0.6 is 0 Å². The maximum Gasteiger partial charge on any atom is 0.288 e. The highest BCUT2D eigenvalue weighted by atomic mass is 16.2. The first-order chi connectivity index (χ1) is 12.2. The summed E-state index contributed by atoms with van der Waals surface area (Å²) < 4.78 is 0. The van der Waals surface area contributed by atoms with Crippen LogP contribution in [0.3, 0.4) is 0 Å². The number of amides is 3. The van der Waals surface area contributed by atoms with Gasteiger partial charge in [0, 0.05) is 19.5 Å². The molecule has 140 valence electrons. The van der Waals surface area contributed by atoms with E-state index in [0.717, 1.165) is 11.1 Å². The van der Waals surface area contributed by atoms with Crippen LogP contribution in [-0.2, 0) is 25.6 Å². The summed E-state index contributed by atoms with van der Waals surface area (Å²) in [5.41, 5.74) is 1.76. The van der Waals surface area contributed by atoms with Gasteiger partial charge in [-0.25, -0.2) is 0 Å². The minimum atomic E-state index is -0.932. The number of carbonyl (C=O) groups excluding carboxylic acids is 4. The van der Waals surface area contributed by atoms with Crippen molar-refractivity contribution in [3.8, 4) is 0 Å². The first-order valence-corrected chi connectivity index (χ1v) is 8.70. The molecule has 2 atom stereocenters. The van der Waals surface area contributed by atoms with Crippen LogP contribution in [0.5, 0.6) is 0 Å². The predicted octanol–water partition coefficient (Wildman–Crippen LogP) is 0.588. The van der Waals surface area contributed by atoms with E-state index in [-0.39, 0.29) is 5.91 Å². The summed E-state index contributed by atoms with van der Waals surface area (Å²) in [7, 11) is 1.69. The Morgan fingerprint density at radius 2 is 1.81 bits per heavy atom. The number of hydrogen-bond acceptors (Lipinski definition) is 4. The van der Waals surface area contributed by atoms with E-state index >= 15 is 0 Å². The van der Waals surface area contributed by atoms with Crippen molar-refractivity contribution >= 4 is 23.5 Å². The Kier molecular flexibility index (Phi) is 6.13. The third-order valence-corrected chi connectivity index (χ3v) is 4.48. The lowest BCUT2D eigenvalue weighted by atomic mass is 9.99. The molecule has 0 saturated carbocycles. The average molecular weight is 359 g/mol. The molecule has 0 radical (unpaired) electrons. The maximum absolute atomic E-state index is 12.7. The SMILES string of the molecule is CC(C)C(=O)C(=O)N[C@@H](C)C(=O)NC1C(=O)N(C)CCc2ccccc21. The zero-order valence-corrected chi connectivity index (χ0v) is 15.5. The average Bonchev–Trinajstić information content (AvgIpc) is 2.73. The topological polar surface area (TPSA) is 95.6 Å². The van der Waals surface area contributed by atoms with Gasteiger partial charge in [-0.3, -0.25) is 19.2 Å². The molecular formula is C19H25N3O4. The molecule has 1 aromatic rings. The molecule has 1 unspecified atom stereocenters. The molecule has 7 nitrogen and oxygen atoms in total. The highest BCUT2D eigenvalue weighted by Crippen LogP contribution is 2.24. The molecule has 0 saturated heterocycles. The van der Waals surface area contributed by atoms with Crippen LogP contribution in [-0.4, -0.2) is 48.0 Å². The Labute approximate surface area is 153 Å². The Hall–Kier alpha value is -2.70. The van der Waals surface area contributed by atoms with Crippen molar-refractivity contribution < 1.29 is 19.2 Å². The second-order valence-electron chi connectivity index (χ2n) is 6.86. The van der Waals surface area contributed by atoms with Gasteiger partial charge < -0.3 is 15.5 Å². The normalized spacial score (nSPS) is 18.0. The van der Waals surface area contributed by atoms with Crippen LogP contribution in [0, 0.1) is 5.92 Å². The van der Waals surface area contributed by atoms with Gasteiger partial charge >= 0.3 is 0 Å². The summed E-state index contributed by atoms with van der Waals surface area (Å²) in [6, 6.07) is 5.73. The Morgan fingerprint density at radius 3 is 2.46 bits per heavy atom. The maximum atomic E-state index is 12.7. The lowest BCUT2D eigenvalue weighted by Gasteiger charge is -2.24. The molecule has 1 heterocycles. The quantitative estimate of drug-likeness (QED) is 0.752. The van der Waals surface area contributed by atoms with Crippen LogP contribution in [0.25, 0.3) is 0 Å². The van der Waals surface area contributed by atoms with Gasteiger partial charge in [0.15, 0.2) is 0 Å². The number of hydrogen-bond donors (Lipinski definition) is 2. The van der Waals surface area contributed by atoms with Gasteiger partial charge in [0.25, 0.3) is 5.91 Å². The third kappa shape index (κ3) is 4.28. The minimum absolute atomic E-state index is 0.208. The highest BCUT2D eigenvalue weighted by molar-refractivity contribution is 6.37. The first kappa shape index (κ1) is 19.6. The number of Topliss-reactive ketones (excluding diaryl/α,β-unsaturated/α-hetero) is 1. The largest absolute Gasteiger partial charge is 0.343 e. The second-order valence-corrected chi connectivity index (χ2v) is 6.86. The predicted molar refractivity (Wildman–Crippen MR) is 96.1 cm³/mol. The lowest BCUT2D eigenvalue weighted by Crippen LogP contribution is -2.50. The molecule has 2 N–H and O–H groups in total. The van der Waals surface area contributed by atoms with E-state index < -0.39 is 35.6 Å². The fraction of sp³-hybridized carbons (Fsp3) is 0.474. The Balaban J connectivity index is 2.14. The highest BCUT2D eigenvalue weighted by Gasteiger charge is 2.32. The van der Waals surface area contributed by atoms with Gasteiger partial charge in [-0.2, -0.15) is 0 Å². The van der Waals surface area contributed by atoms with Gasteiger partial charge in [-0.1, -0.05) is 38.1 Å². The third-order valence-electron chi connectivity index (χ3n) is 4.48. The Morgan fingerprint density at radius 1 is 1.15 bits per heavy atom. The fourth-order valence-corrected chi connectivity index (χ4v) is 2.80. The molecule has 1 aromatic carbocycles. The van der Waals surface area contributed by atoms with Crippen molar-refractivity contribution in [2.45, 2.75) is 39.3 Å². The number of nitrogens with one attached hydrogen (secondary N) is 2. The molecule has 0 spiro atoms. The van der Waals surface area contributed by atoms with Crippen LogP contribution in [0.1, 0.15) is 37.9 Å². The van der Waals surface area contributed by atoms with Crippen molar-refractivity contribution in [2.75, 3.05) is 13.6 Å². The molecule has 0 bridgehead atoms. The molecule has 3 amide bonds. The molecule has 7 heteroatoms. The molecule has 0 fully saturated rings. The number of ketones is 1. The standard InChI is InChI=1S/C19H25N3O4/c1-11(2)16(23)18(25)20-12(3)17(24)21-15-14-8-6-5-7-13(14)9-10-22(4)19(15)26/h5-8,11-12,15H,9-10H2,1-4H3,(H,20,25)(H,21,24)/t12-,15?/m0/s1. The van der Waals surface area contributed by atoms with Crippen LogP contribution in [0.2, 0.25) is 0 Å². The number of fused-ring (bicyclic) bond motifs is 1. The monoisotopic (exact) mass is 359 g/mol. The molecular weight excluding hydrogens is 334 g/mol. The molecule has 2 rings (SSSR count). The smallest absolute Gasteiger partial charge is 0.288 e. The van der Waals surface area contributed by atoms with Gasteiger partial charge in [-0.05, 0) is 24.5 Å². The number of nitrogens with zero attached hydrogens (tertiary/aromatic N) is 1. The fourth-order valence-electron chi connectivity index (χ4n) is 2.80. The summed E-state index contributed by atoms with van der Waals surface area (Å²) in [4.78, 5) is 50.3. The second kappa shape index (κ2) is 8.12. The summed E-state index contributed by atoms with van der Waals surface area (Å²) >= 11 is 0. The summed E-state index contributed by atoms with van der Waals surface area (Å²) in [6.07, 6.45) is 0.708. The zero-order chi connectivity index (χ0) is 19.4. The lowest BCUT2D eigenvalue weighted by molar-refractivity contribution is -0.141. The molecule has 26 heavy (non-hydrogen) atoms. The molecule has 0 aromatic heterocycles. The minimum Gasteiger partial charge on any atom is -0.343 e. The van der Waals surface area contributed by atoms with E-state index in [1.165, 1.54) is 6.92 Å². The van der Waals surface area contributed by atoms with E-state index in [2.05, 4.69) is 10.6 Å². The number of likely N-dealkylation sites (N-methyl/N-ethyl adjacent to an activating group) is 1. The molecule has 1 aliphatic heterocycles. The summed E-state index contributed by atoms with van der Waals surface area (Å²) in [5, 5.41) is 5.10. The first-order valence-electron chi connectivity index (χ1n) is 8.70. The van der Waals surface area contributed by atoms with Gasteiger partial charge in [0.2, 0.25) is 17.6 Å². The summed E-state index contributed by atoms with van der Waals surface area (Å²) in [5.74, 6) is -2.56. The van der Waals surface area contributed by atoms with Crippen molar-refractivity contribution in [1.29, 1.82) is 0 Å².